The van der Waals surface area contributed by atoms with Crippen molar-refractivity contribution in [3.8, 4) is 0 Å². The Bertz CT molecular complexity index is 480. The lowest BCUT2D eigenvalue weighted by molar-refractivity contribution is -0.383. The number of halogens is 1. The number of oxazole rings is 1. The van der Waals surface area contributed by atoms with E-state index in [1.807, 2.05) is 0 Å². The van der Waals surface area contributed by atoms with Gasteiger partial charge in [-0.1, -0.05) is 11.6 Å². The van der Waals surface area contributed by atoms with Crippen LogP contribution >= 0.6 is 11.6 Å². The average molecular weight is 199 g/mol. The van der Waals surface area contributed by atoms with Crippen LogP contribution in [0.2, 0.25) is 5.02 Å². The van der Waals surface area contributed by atoms with Crippen LogP contribution in [0.5, 0.6) is 0 Å². The van der Waals surface area contributed by atoms with Crippen LogP contribution in [-0.2, 0) is 0 Å². The number of hydrogen-bond donors (Lipinski definition) is 0. The van der Waals surface area contributed by atoms with Crippen LogP contribution in [-0.4, -0.2) is 9.91 Å². The van der Waals surface area contributed by atoms with Gasteiger partial charge in [0.05, 0.1) is 9.95 Å². The number of hydrogen-bond acceptors (Lipinski definition) is 4. The second-order valence-corrected chi connectivity index (χ2v) is 2.76. The lowest BCUT2D eigenvalue weighted by atomic mass is 10.3. The van der Waals surface area contributed by atoms with Gasteiger partial charge in [0.25, 0.3) is 5.69 Å². The molecular weight excluding hydrogens is 196 g/mol. The molecule has 6 heteroatoms. The highest BCUT2D eigenvalue weighted by molar-refractivity contribution is 6.35. The van der Waals surface area contributed by atoms with E-state index in [4.69, 9.17) is 16.0 Å². The summed E-state index contributed by atoms with van der Waals surface area (Å²) in [6.45, 7) is 0. The summed E-state index contributed by atoms with van der Waals surface area (Å²) < 4.78 is 4.89. The summed E-state index contributed by atoms with van der Waals surface area (Å²) in [6.07, 6.45) is 1.13. The maximum atomic E-state index is 10.5. The number of non-ortho nitro benzene ring substituents is 1. The number of benzene rings is 1. The minimum Gasteiger partial charge on any atom is -0.442 e. The Morgan fingerprint density at radius 2 is 2.31 bits per heavy atom. The molecule has 0 saturated carbocycles. The lowest BCUT2D eigenvalue weighted by Crippen LogP contribution is -1.88. The molecular formula is C7H3ClN2O3. The molecule has 0 radical (unpaired) electrons. The smallest absolute Gasteiger partial charge is 0.298 e. The van der Waals surface area contributed by atoms with Crippen LogP contribution < -0.4 is 0 Å². The average Bonchev–Trinajstić information content (AvgIpc) is 2.53. The number of nitro benzene ring substituents is 1. The topological polar surface area (TPSA) is 69.2 Å². The van der Waals surface area contributed by atoms with Gasteiger partial charge in [-0.15, -0.1) is 0 Å². The molecule has 1 heterocycles. The zero-order chi connectivity index (χ0) is 9.42. The molecule has 2 rings (SSSR count). The third kappa shape index (κ3) is 1.13. The second kappa shape index (κ2) is 2.70. The molecule has 0 aliphatic heterocycles. The van der Waals surface area contributed by atoms with E-state index in [9.17, 15) is 10.1 Å². The van der Waals surface area contributed by atoms with Crippen LogP contribution in [0.25, 0.3) is 11.1 Å². The number of fused-ring (bicyclic) bond motifs is 1. The largest absolute Gasteiger partial charge is 0.442 e. The molecule has 0 atom stereocenters. The Hall–Kier alpha value is -1.62. The minimum atomic E-state index is -0.527. The van der Waals surface area contributed by atoms with E-state index in [2.05, 4.69) is 4.98 Å². The first-order valence-corrected chi connectivity index (χ1v) is 3.74. The summed E-state index contributed by atoms with van der Waals surface area (Å²) in [6, 6.07) is 2.71. The van der Waals surface area contributed by atoms with Gasteiger partial charge in [-0.3, -0.25) is 10.1 Å². The van der Waals surface area contributed by atoms with Crippen molar-refractivity contribution in [2.45, 2.75) is 0 Å². The maximum Gasteiger partial charge on any atom is 0.298 e. The van der Waals surface area contributed by atoms with Crippen molar-refractivity contribution in [3.63, 3.8) is 0 Å². The first-order chi connectivity index (χ1) is 6.20. The lowest BCUT2D eigenvalue weighted by Gasteiger charge is -1.92. The highest BCUT2D eigenvalue weighted by Gasteiger charge is 2.16. The van der Waals surface area contributed by atoms with Gasteiger partial charge in [-0.25, -0.2) is 4.98 Å². The maximum absolute atomic E-state index is 10.5. The van der Waals surface area contributed by atoms with Gasteiger partial charge in [-0.05, 0) is 6.07 Å². The monoisotopic (exact) mass is 198 g/mol. The molecule has 13 heavy (non-hydrogen) atoms. The first kappa shape index (κ1) is 8.00. The summed E-state index contributed by atoms with van der Waals surface area (Å²) in [5.74, 6) is 0. The number of aromatic nitrogens is 1. The zero-order valence-electron chi connectivity index (χ0n) is 6.23. The highest BCUT2D eigenvalue weighted by Crippen LogP contribution is 2.29. The predicted molar refractivity (Wildman–Crippen MR) is 45.7 cm³/mol. The fourth-order valence-corrected chi connectivity index (χ4v) is 1.25. The fourth-order valence-electron chi connectivity index (χ4n) is 1.05. The van der Waals surface area contributed by atoms with Gasteiger partial charge < -0.3 is 4.42 Å². The number of rotatable bonds is 1. The van der Waals surface area contributed by atoms with Crippen molar-refractivity contribution >= 4 is 28.4 Å². The van der Waals surface area contributed by atoms with Gasteiger partial charge in [0.1, 0.15) is 0 Å². The van der Waals surface area contributed by atoms with E-state index in [0.717, 1.165) is 6.39 Å². The van der Waals surface area contributed by atoms with Crippen LogP contribution in [0.1, 0.15) is 0 Å². The van der Waals surface area contributed by atoms with E-state index in [0.29, 0.717) is 5.02 Å². The van der Waals surface area contributed by atoms with Crippen LogP contribution in [0, 0.1) is 10.1 Å². The third-order valence-corrected chi connectivity index (χ3v) is 1.91. The van der Waals surface area contributed by atoms with Crippen molar-refractivity contribution in [2.24, 2.45) is 0 Å². The standard InChI is InChI=1S/C7H3ClN2O3/c8-4-1-2-5(10(11)12)6-7(4)13-3-9-6/h1-3H. The van der Waals surface area contributed by atoms with Gasteiger partial charge in [0.15, 0.2) is 17.5 Å². The fraction of sp³-hybridized carbons (Fsp3) is 0. The summed E-state index contributed by atoms with van der Waals surface area (Å²) >= 11 is 5.72. The molecule has 0 aliphatic carbocycles. The van der Waals surface area contributed by atoms with Crippen molar-refractivity contribution in [1.82, 2.24) is 4.98 Å². The van der Waals surface area contributed by atoms with Crippen LogP contribution in [0.15, 0.2) is 22.9 Å². The molecule has 5 nitrogen and oxygen atoms in total. The van der Waals surface area contributed by atoms with E-state index in [1.54, 1.807) is 0 Å². The van der Waals surface area contributed by atoms with Crippen molar-refractivity contribution in [2.75, 3.05) is 0 Å². The van der Waals surface area contributed by atoms with E-state index < -0.39 is 4.92 Å². The summed E-state index contributed by atoms with van der Waals surface area (Å²) in [4.78, 5) is 13.7. The predicted octanol–water partition coefficient (Wildman–Crippen LogP) is 2.39. The molecule has 0 N–H and O–H groups in total. The molecule has 2 aromatic rings. The van der Waals surface area contributed by atoms with E-state index >= 15 is 0 Å². The summed E-state index contributed by atoms with van der Waals surface area (Å²) in [7, 11) is 0. The third-order valence-electron chi connectivity index (χ3n) is 1.61. The molecule has 1 aromatic carbocycles. The zero-order valence-corrected chi connectivity index (χ0v) is 6.99. The Morgan fingerprint density at radius 1 is 1.54 bits per heavy atom. The molecule has 0 saturated heterocycles. The SMILES string of the molecule is O=[N+]([O-])c1ccc(Cl)c2ocnc12. The summed E-state index contributed by atoms with van der Waals surface area (Å²) in [5.41, 5.74) is 0.321. The van der Waals surface area contributed by atoms with Crippen molar-refractivity contribution < 1.29 is 9.34 Å². The van der Waals surface area contributed by atoms with E-state index in [-0.39, 0.29) is 16.8 Å². The second-order valence-electron chi connectivity index (χ2n) is 2.35. The normalized spacial score (nSPS) is 10.5. The Morgan fingerprint density at radius 3 is 3.00 bits per heavy atom. The number of nitro groups is 1. The molecule has 0 bridgehead atoms. The molecule has 66 valence electrons. The molecule has 0 fully saturated rings. The van der Waals surface area contributed by atoms with Crippen LogP contribution in [0.4, 0.5) is 5.69 Å². The molecule has 0 aliphatic rings. The Labute approximate surface area is 77.1 Å². The number of nitrogens with zero attached hydrogens (tertiary/aromatic N) is 2. The quantitative estimate of drug-likeness (QED) is 0.521. The van der Waals surface area contributed by atoms with Crippen molar-refractivity contribution in [3.05, 3.63) is 33.7 Å². The minimum absolute atomic E-state index is 0.104. The van der Waals surface area contributed by atoms with Crippen molar-refractivity contribution in [1.29, 1.82) is 0 Å². The molecule has 1 aromatic heterocycles. The van der Waals surface area contributed by atoms with Gasteiger partial charge in [0.2, 0.25) is 0 Å². The van der Waals surface area contributed by atoms with Gasteiger partial charge >= 0.3 is 0 Å². The van der Waals surface area contributed by atoms with Gasteiger partial charge in [-0.2, -0.15) is 0 Å². The first-order valence-electron chi connectivity index (χ1n) is 3.36. The summed E-state index contributed by atoms with van der Waals surface area (Å²) in [5, 5.41) is 10.8. The Balaban J connectivity index is 2.86. The highest BCUT2D eigenvalue weighted by atomic mass is 35.5. The van der Waals surface area contributed by atoms with Gasteiger partial charge in [0, 0.05) is 6.07 Å². The molecule has 0 amide bonds. The molecule has 0 unspecified atom stereocenters. The molecule has 0 spiro atoms. The van der Waals surface area contributed by atoms with E-state index in [1.165, 1.54) is 12.1 Å². The van der Waals surface area contributed by atoms with Crippen LogP contribution in [0.3, 0.4) is 0 Å². The Kier molecular flexibility index (Phi) is 1.66.